The van der Waals surface area contributed by atoms with Crippen molar-refractivity contribution in [2.75, 3.05) is 19.6 Å². The molecule has 1 saturated heterocycles. The molecule has 1 aliphatic rings. The summed E-state index contributed by atoms with van der Waals surface area (Å²) in [5.41, 5.74) is -0.423. The number of nitrogens with one attached hydrogen (secondary N) is 1. The maximum Gasteiger partial charge on any atom is 0.244 e. The van der Waals surface area contributed by atoms with Gasteiger partial charge in [0.15, 0.2) is 0 Å². The monoisotopic (exact) mass is 283 g/mol. The van der Waals surface area contributed by atoms with Gasteiger partial charge in [-0.3, -0.25) is 0 Å². The van der Waals surface area contributed by atoms with Gasteiger partial charge in [-0.05, 0) is 19.1 Å². The highest BCUT2D eigenvalue weighted by Crippen LogP contribution is 2.24. The normalized spacial score (nSPS) is 21.0. The lowest BCUT2D eigenvalue weighted by molar-refractivity contribution is 0.283. The van der Waals surface area contributed by atoms with E-state index in [9.17, 15) is 12.8 Å². The Labute approximate surface area is 111 Å². The van der Waals surface area contributed by atoms with Gasteiger partial charge in [0, 0.05) is 25.7 Å². The van der Waals surface area contributed by atoms with Crippen LogP contribution in [-0.4, -0.2) is 38.4 Å². The first-order valence-corrected chi connectivity index (χ1v) is 7.33. The van der Waals surface area contributed by atoms with E-state index >= 15 is 0 Å². The highest BCUT2D eigenvalue weighted by molar-refractivity contribution is 7.89. The fraction of sp³-hybridized carbons (Fsp3) is 0.417. The number of halogens is 1. The third kappa shape index (κ3) is 2.47. The number of piperazine rings is 1. The number of nitrogens with zero attached hydrogens (tertiary/aromatic N) is 2. The van der Waals surface area contributed by atoms with Gasteiger partial charge in [0.2, 0.25) is 10.0 Å². The molecule has 1 fully saturated rings. The Morgan fingerprint density at radius 1 is 1.53 bits per heavy atom. The minimum atomic E-state index is -3.85. The van der Waals surface area contributed by atoms with Gasteiger partial charge in [-0.2, -0.15) is 9.57 Å². The molecule has 0 unspecified atom stereocenters. The number of hydrogen-bond donors (Lipinski definition) is 1. The summed E-state index contributed by atoms with van der Waals surface area (Å²) < 4.78 is 39.9. The average molecular weight is 283 g/mol. The van der Waals surface area contributed by atoms with Crippen LogP contribution in [0.2, 0.25) is 0 Å². The predicted molar refractivity (Wildman–Crippen MR) is 67.3 cm³/mol. The van der Waals surface area contributed by atoms with E-state index in [2.05, 4.69) is 5.32 Å². The van der Waals surface area contributed by atoms with Crippen LogP contribution in [0.15, 0.2) is 23.1 Å². The highest BCUT2D eigenvalue weighted by atomic mass is 32.2. The van der Waals surface area contributed by atoms with Gasteiger partial charge < -0.3 is 5.32 Å². The molecule has 0 amide bonds. The zero-order chi connectivity index (χ0) is 14.0. The summed E-state index contributed by atoms with van der Waals surface area (Å²) in [7, 11) is -3.85. The predicted octanol–water partition coefficient (Wildman–Crippen LogP) is 0.680. The second kappa shape index (κ2) is 5.25. The molecule has 0 bridgehead atoms. The van der Waals surface area contributed by atoms with Gasteiger partial charge in [0.25, 0.3) is 0 Å². The van der Waals surface area contributed by atoms with Crippen molar-refractivity contribution >= 4 is 10.0 Å². The molecule has 1 aliphatic heterocycles. The third-order valence-corrected chi connectivity index (χ3v) is 5.17. The summed E-state index contributed by atoms with van der Waals surface area (Å²) >= 11 is 0. The molecule has 2 rings (SSSR count). The van der Waals surface area contributed by atoms with Crippen LogP contribution in [0.5, 0.6) is 0 Å². The standard InChI is InChI=1S/C12H14FN3O2S/c1-9-8-15-5-6-16(9)19(17,18)12-4-2-3-11(13)10(12)7-14/h2-4,9,15H,5-6,8H2,1H3/t9-/m0/s1. The van der Waals surface area contributed by atoms with Crippen LogP contribution >= 0.6 is 0 Å². The lowest BCUT2D eigenvalue weighted by Gasteiger charge is -2.33. The van der Waals surface area contributed by atoms with Crippen LogP contribution in [0.4, 0.5) is 4.39 Å². The fourth-order valence-corrected chi connectivity index (χ4v) is 3.92. The Morgan fingerprint density at radius 3 is 2.89 bits per heavy atom. The lowest BCUT2D eigenvalue weighted by Crippen LogP contribution is -2.52. The van der Waals surface area contributed by atoms with Crippen LogP contribution in [0.3, 0.4) is 0 Å². The van der Waals surface area contributed by atoms with Crippen molar-refractivity contribution < 1.29 is 12.8 Å². The van der Waals surface area contributed by atoms with E-state index in [0.29, 0.717) is 19.6 Å². The Balaban J connectivity index is 2.51. The van der Waals surface area contributed by atoms with E-state index < -0.39 is 21.4 Å². The second-order valence-corrected chi connectivity index (χ2v) is 6.25. The molecule has 0 spiro atoms. The van der Waals surface area contributed by atoms with Gasteiger partial charge in [-0.1, -0.05) is 6.07 Å². The van der Waals surface area contributed by atoms with Crippen LogP contribution in [0.1, 0.15) is 12.5 Å². The van der Waals surface area contributed by atoms with Crippen molar-refractivity contribution in [2.24, 2.45) is 0 Å². The summed E-state index contributed by atoms with van der Waals surface area (Å²) in [6.07, 6.45) is 0. The third-order valence-electron chi connectivity index (χ3n) is 3.11. The van der Waals surface area contributed by atoms with Gasteiger partial charge >= 0.3 is 0 Å². The van der Waals surface area contributed by atoms with E-state index in [1.807, 2.05) is 0 Å². The smallest absolute Gasteiger partial charge is 0.244 e. The molecule has 0 saturated carbocycles. The van der Waals surface area contributed by atoms with Crippen LogP contribution in [0, 0.1) is 17.1 Å². The molecular weight excluding hydrogens is 269 g/mol. The maximum atomic E-state index is 13.5. The average Bonchev–Trinajstić information content (AvgIpc) is 2.38. The van der Waals surface area contributed by atoms with E-state index in [1.54, 1.807) is 13.0 Å². The molecule has 1 aromatic carbocycles. The Morgan fingerprint density at radius 2 is 2.26 bits per heavy atom. The number of hydrogen-bond acceptors (Lipinski definition) is 4. The summed E-state index contributed by atoms with van der Waals surface area (Å²) in [6, 6.07) is 5.05. The Bertz CT molecular complexity index is 624. The molecule has 1 heterocycles. The zero-order valence-electron chi connectivity index (χ0n) is 10.4. The van der Waals surface area contributed by atoms with E-state index in [0.717, 1.165) is 6.07 Å². The van der Waals surface area contributed by atoms with Crippen molar-refractivity contribution in [1.82, 2.24) is 9.62 Å². The molecule has 19 heavy (non-hydrogen) atoms. The van der Waals surface area contributed by atoms with Gasteiger partial charge in [0.1, 0.15) is 22.3 Å². The summed E-state index contributed by atoms with van der Waals surface area (Å²) in [6.45, 7) is 3.16. The first kappa shape index (κ1) is 13.9. The summed E-state index contributed by atoms with van der Waals surface area (Å²) in [5, 5.41) is 12.0. The van der Waals surface area contributed by atoms with E-state index in [1.165, 1.54) is 16.4 Å². The Hall–Kier alpha value is -1.49. The summed E-state index contributed by atoms with van der Waals surface area (Å²) in [4.78, 5) is -0.260. The molecule has 102 valence electrons. The van der Waals surface area contributed by atoms with Crippen molar-refractivity contribution in [2.45, 2.75) is 17.9 Å². The molecule has 0 aromatic heterocycles. The topological polar surface area (TPSA) is 73.2 Å². The second-order valence-electron chi connectivity index (χ2n) is 4.39. The first-order valence-electron chi connectivity index (χ1n) is 5.89. The molecule has 0 aliphatic carbocycles. The molecule has 1 aromatic rings. The SMILES string of the molecule is C[C@H]1CNCCN1S(=O)(=O)c1cccc(F)c1C#N. The number of benzene rings is 1. The molecule has 1 N–H and O–H groups in total. The molecule has 0 radical (unpaired) electrons. The largest absolute Gasteiger partial charge is 0.314 e. The minimum Gasteiger partial charge on any atom is -0.314 e. The van der Waals surface area contributed by atoms with Gasteiger partial charge in [-0.15, -0.1) is 0 Å². The minimum absolute atomic E-state index is 0.228. The Kier molecular flexibility index (Phi) is 3.85. The van der Waals surface area contributed by atoms with Crippen molar-refractivity contribution in [3.63, 3.8) is 0 Å². The highest BCUT2D eigenvalue weighted by Gasteiger charge is 2.33. The zero-order valence-corrected chi connectivity index (χ0v) is 11.2. The quantitative estimate of drug-likeness (QED) is 0.866. The van der Waals surface area contributed by atoms with Crippen LogP contribution in [-0.2, 0) is 10.0 Å². The van der Waals surface area contributed by atoms with Crippen molar-refractivity contribution in [3.8, 4) is 6.07 Å². The lowest BCUT2D eigenvalue weighted by atomic mass is 10.2. The van der Waals surface area contributed by atoms with Crippen LogP contribution < -0.4 is 5.32 Å². The molecule has 1 atom stereocenters. The number of rotatable bonds is 2. The fourth-order valence-electron chi connectivity index (χ4n) is 2.13. The van der Waals surface area contributed by atoms with Gasteiger partial charge in [-0.25, -0.2) is 12.8 Å². The molecule has 7 heteroatoms. The van der Waals surface area contributed by atoms with Gasteiger partial charge in [0.05, 0.1) is 0 Å². The number of sulfonamides is 1. The first-order chi connectivity index (χ1) is 8.98. The number of nitriles is 1. The summed E-state index contributed by atoms with van der Waals surface area (Å²) in [5.74, 6) is -0.814. The van der Waals surface area contributed by atoms with Crippen molar-refractivity contribution in [1.29, 1.82) is 5.26 Å². The molecule has 5 nitrogen and oxygen atoms in total. The van der Waals surface area contributed by atoms with E-state index in [4.69, 9.17) is 5.26 Å². The molecular formula is C12H14FN3O2S. The van der Waals surface area contributed by atoms with Crippen molar-refractivity contribution in [3.05, 3.63) is 29.6 Å². The van der Waals surface area contributed by atoms with Crippen LogP contribution in [0.25, 0.3) is 0 Å². The maximum absolute atomic E-state index is 13.5. The van der Waals surface area contributed by atoms with E-state index in [-0.39, 0.29) is 10.9 Å².